The molecular formula is C18H22N2O2S. The molecule has 0 saturated carbocycles. The molecule has 23 heavy (non-hydrogen) atoms. The number of methoxy groups -OCH3 is 1. The first-order valence-electron chi connectivity index (χ1n) is 7.53. The number of carbonyl (C=O) groups excluding carboxylic acids is 1. The Kier molecular flexibility index (Phi) is 6.97. The molecule has 0 saturated heterocycles. The van der Waals surface area contributed by atoms with E-state index in [4.69, 9.17) is 4.74 Å². The predicted octanol–water partition coefficient (Wildman–Crippen LogP) is 3.40. The van der Waals surface area contributed by atoms with Crippen LogP contribution in [-0.2, 0) is 9.53 Å². The first kappa shape index (κ1) is 17.4. The summed E-state index contributed by atoms with van der Waals surface area (Å²) in [5, 5.41) is 6.09. The minimum atomic E-state index is -0.0472. The maximum Gasteiger partial charge on any atom is 0.239 e. The number of hydrogen-bond donors (Lipinski definition) is 2. The van der Waals surface area contributed by atoms with Crippen LogP contribution in [0.2, 0.25) is 0 Å². The number of rotatable bonds is 8. The lowest BCUT2D eigenvalue weighted by Gasteiger charge is -2.15. The van der Waals surface area contributed by atoms with Gasteiger partial charge in [0.15, 0.2) is 0 Å². The standard InChI is InChI=1S/C18H22N2O2S/c1-14(13-22-2)20-18(21)12-19-16-10-6-7-11-17(16)23-15-8-4-3-5-9-15/h3-11,14,19H,12-13H2,1-2H3,(H,20,21)/t14-/m1/s1. The molecule has 0 bridgehead atoms. The van der Waals surface area contributed by atoms with Crippen LogP contribution in [0.3, 0.4) is 0 Å². The summed E-state index contributed by atoms with van der Waals surface area (Å²) in [5.74, 6) is -0.0472. The van der Waals surface area contributed by atoms with Crippen molar-refractivity contribution in [2.75, 3.05) is 25.6 Å². The fraction of sp³-hybridized carbons (Fsp3) is 0.278. The van der Waals surface area contributed by atoms with Gasteiger partial charge in [-0.05, 0) is 31.2 Å². The lowest BCUT2D eigenvalue weighted by molar-refractivity contribution is -0.120. The van der Waals surface area contributed by atoms with Crippen molar-refractivity contribution in [1.82, 2.24) is 5.32 Å². The quantitative estimate of drug-likeness (QED) is 0.779. The Morgan fingerprint density at radius 2 is 1.83 bits per heavy atom. The fourth-order valence-corrected chi connectivity index (χ4v) is 3.05. The monoisotopic (exact) mass is 330 g/mol. The number of hydrogen-bond acceptors (Lipinski definition) is 4. The molecule has 5 heteroatoms. The van der Waals surface area contributed by atoms with Crippen molar-refractivity contribution in [1.29, 1.82) is 0 Å². The lowest BCUT2D eigenvalue weighted by Crippen LogP contribution is -2.39. The number of carbonyl (C=O) groups is 1. The second kappa shape index (κ2) is 9.22. The van der Waals surface area contributed by atoms with E-state index < -0.39 is 0 Å². The van der Waals surface area contributed by atoms with Crippen LogP contribution in [0.15, 0.2) is 64.4 Å². The molecule has 0 aromatic heterocycles. The van der Waals surface area contributed by atoms with Gasteiger partial charge in [0.05, 0.1) is 13.2 Å². The first-order chi connectivity index (χ1) is 11.2. The summed E-state index contributed by atoms with van der Waals surface area (Å²) in [5.41, 5.74) is 0.955. The van der Waals surface area contributed by atoms with Crippen molar-refractivity contribution in [2.45, 2.75) is 22.8 Å². The second-order valence-corrected chi connectivity index (χ2v) is 6.30. The highest BCUT2D eigenvalue weighted by Gasteiger charge is 2.08. The molecule has 0 aliphatic carbocycles. The Balaban J connectivity index is 1.94. The summed E-state index contributed by atoms with van der Waals surface area (Å²) < 4.78 is 5.01. The van der Waals surface area contributed by atoms with Crippen molar-refractivity contribution in [3.63, 3.8) is 0 Å². The highest BCUT2D eigenvalue weighted by molar-refractivity contribution is 7.99. The van der Waals surface area contributed by atoms with Crippen LogP contribution in [0.1, 0.15) is 6.92 Å². The zero-order chi connectivity index (χ0) is 16.5. The van der Waals surface area contributed by atoms with Gasteiger partial charge in [-0.3, -0.25) is 4.79 Å². The Morgan fingerprint density at radius 1 is 1.13 bits per heavy atom. The largest absolute Gasteiger partial charge is 0.383 e. The Morgan fingerprint density at radius 3 is 2.57 bits per heavy atom. The van der Waals surface area contributed by atoms with E-state index in [1.807, 2.05) is 49.4 Å². The minimum Gasteiger partial charge on any atom is -0.383 e. The fourth-order valence-electron chi connectivity index (χ4n) is 2.11. The molecule has 0 fully saturated rings. The molecule has 4 nitrogen and oxygen atoms in total. The summed E-state index contributed by atoms with van der Waals surface area (Å²) in [6.45, 7) is 2.66. The van der Waals surface area contributed by atoms with Crippen LogP contribution in [0, 0.1) is 0 Å². The van der Waals surface area contributed by atoms with Gasteiger partial charge < -0.3 is 15.4 Å². The summed E-state index contributed by atoms with van der Waals surface area (Å²) in [6, 6.07) is 18.2. The van der Waals surface area contributed by atoms with Crippen molar-refractivity contribution in [3.8, 4) is 0 Å². The number of para-hydroxylation sites is 1. The van der Waals surface area contributed by atoms with Crippen LogP contribution in [0.4, 0.5) is 5.69 Å². The Labute approximate surface area is 141 Å². The van der Waals surface area contributed by atoms with E-state index in [1.54, 1.807) is 18.9 Å². The summed E-state index contributed by atoms with van der Waals surface area (Å²) in [4.78, 5) is 14.2. The molecule has 1 atom stereocenters. The topological polar surface area (TPSA) is 50.4 Å². The predicted molar refractivity (Wildman–Crippen MR) is 95.0 cm³/mol. The third-order valence-electron chi connectivity index (χ3n) is 3.12. The molecule has 0 radical (unpaired) electrons. The van der Waals surface area contributed by atoms with E-state index in [1.165, 1.54) is 4.90 Å². The third-order valence-corrected chi connectivity index (χ3v) is 4.21. The van der Waals surface area contributed by atoms with Gasteiger partial charge in [0.1, 0.15) is 0 Å². The van der Waals surface area contributed by atoms with E-state index in [0.717, 1.165) is 10.6 Å². The van der Waals surface area contributed by atoms with Crippen LogP contribution < -0.4 is 10.6 Å². The minimum absolute atomic E-state index is 0.00300. The van der Waals surface area contributed by atoms with Gasteiger partial charge in [-0.1, -0.05) is 42.1 Å². The normalized spacial score (nSPS) is 11.7. The zero-order valence-corrected chi connectivity index (χ0v) is 14.2. The molecular weight excluding hydrogens is 308 g/mol. The molecule has 2 aromatic carbocycles. The van der Waals surface area contributed by atoms with Crippen molar-refractivity contribution < 1.29 is 9.53 Å². The van der Waals surface area contributed by atoms with Gasteiger partial charge >= 0.3 is 0 Å². The zero-order valence-electron chi connectivity index (χ0n) is 13.4. The number of amides is 1. The molecule has 2 rings (SSSR count). The van der Waals surface area contributed by atoms with Crippen molar-refractivity contribution >= 4 is 23.4 Å². The summed E-state index contributed by atoms with van der Waals surface area (Å²) in [6.07, 6.45) is 0. The molecule has 2 aromatic rings. The molecule has 0 aliphatic rings. The average Bonchev–Trinajstić information content (AvgIpc) is 2.55. The number of ether oxygens (including phenoxy) is 1. The van der Waals surface area contributed by atoms with Gasteiger partial charge in [-0.25, -0.2) is 0 Å². The maximum atomic E-state index is 11.9. The van der Waals surface area contributed by atoms with E-state index in [0.29, 0.717) is 6.61 Å². The molecule has 1 amide bonds. The molecule has 0 unspecified atom stereocenters. The highest BCUT2D eigenvalue weighted by Crippen LogP contribution is 2.32. The summed E-state index contributed by atoms with van der Waals surface area (Å²) in [7, 11) is 1.62. The van der Waals surface area contributed by atoms with E-state index >= 15 is 0 Å². The molecule has 2 N–H and O–H groups in total. The van der Waals surface area contributed by atoms with Crippen molar-refractivity contribution in [3.05, 3.63) is 54.6 Å². The van der Waals surface area contributed by atoms with Crippen LogP contribution in [0.5, 0.6) is 0 Å². The number of benzene rings is 2. The van der Waals surface area contributed by atoms with Crippen LogP contribution >= 0.6 is 11.8 Å². The average molecular weight is 330 g/mol. The SMILES string of the molecule is COC[C@@H](C)NC(=O)CNc1ccccc1Sc1ccccc1. The smallest absolute Gasteiger partial charge is 0.239 e. The van der Waals surface area contributed by atoms with E-state index in [2.05, 4.69) is 22.8 Å². The van der Waals surface area contributed by atoms with E-state index in [-0.39, 0.29) is 18.5 Å². The van der Waals surface area contributed by atoms with Crippen molar-refractivity contribution in [2.24, 2.45) is 0 Å². The maximum absolute atomic E-state index is 11.9. The van der Waals surface area contributed by atoms with Gasteiger partial charge in [0, 0.05) is 28.6 Å². The highest BCUT2D eigenvalue weighted by atomic mass is 32.2. The Bertz CT molecular complexity index is 619. The first-order valence-corrected chi connectivity index (χ1v) is 8.35. The number of anilines is 1. The second-order valence-electron chi connectivity index (χ2n) is 5.19. The van der Waals surface area contributed by atoms with Crippen LogP contribution in [0.25, 0.3) is 0 Å². The Hall–Kier alpha value is -1.98. The summed E-state index contributed by atoms with van der Waals surface area (Å²) >= 11 is 1.67. The molecule has 0 aliphatic heterocycles. The van der Waals surface area contributed by atoms with E-state index in [9.17, 15) is 4.79 Å². The van der Waals surface area contributed by atoms with Crippen LogP contribution in [-0.4, -0.2) is 32.2 Å². The van der Waals surface area contributed by atoms with Gasteiger partial charge in [0.2, 0.25) is 5.91 Å². The molecule has 0 spiro atoms. The van der Waals surface area contributed by atoms with Gasteiger partial charge in [-0.15, -0.1) is 0 Å². The van der Waals surface area contributed by atoms with Gasteiger partial charge in [-0.2, -0.15) is 0 Å². The molecule has 0 heterocycles. The number of nitrogens with one attached hydrogen (secondary N) is 2. The molecule has 122 valence electrons. The third kappa shape index (κ3) is 5.96. The van der Waals surface area contributed by atoms with Gasteiger partial charge in [0.25, 0.3) is 0 Å². The lowest BCUT2D eigenvalue weighted by atomic mass is 10.3.